The highest BCUT2D eigenvalue weighted by atomic mass is 19.1. The largest absolute Gasteiger partial charge is 0.326 e. The van der Waals surface area contributed by atoms with Crippen LogP contribution in [0.4, 0.5) is 14.9 Å². The van der Waals surface area contributed by atoms with E-state index in [1.807, 2.05) is 6.07 Å². The lowest BCUT2D eigenvalue weighted by atomic mass is 9.83. The zero-order valence-electron chi connectivity index (χ0n) is 16.1. The fourth-order valence-electron chi connectivity index (χ4n) is 4.21. The highest BCUT2D eigenvalue weighted by Gasteiger charge is 2.36. The maximum atomic E-state index is 13.7. The van der Waals surface area contributed by atoms with Crippen molar-refractivity contribution < 1.29 is 14.0 Å². The Labute approximate surface area is 167 Å². The van der Waals surface area contributed by atoms with Gasteiger partial charge in [-0.1, -0.05) is 18.2 Å². The van der Waals surface area contributed by atoms with Crippen molar-refractivity contribution in [2.45, 2.75) is 31.8 Å². The SMILES string of the molecule is C[C@H](NC(=O)N1C[C@H]2C[C@@H](C1)c1cccc(=O)n1C2)C(=O)Nc1ccccc1F. The molecule has 2 aromatic rings. The Morgan fingerprint density at radius 3 is 2.69 bits per heavy atom. The summed E-state index contributed by atoms with van der Waals surface area (Å²) in [6.07, 6.45) is 0.941. The number of para-hydroxylation sites is 1. The van der Waals surface area contributed by atoms with Crippen LogP contribution in [0.5, 0.6) is 0 Å². The monoisotopic (exact) mass is 398 g/mol. The fraction of sp³-hybridized carbons (Fsp3) is 0.381. The lowest BCUT2D eigenvalue weighted by Gasteiger charge is -2.42. The molecule has 1 aromatic heterocycles. The molecular formula is C21H23FN4O3. The number of hydrogen-bond acceptors (Lipinski definition) is 3. The first-order valence-electron chi connectivity index (χ1n) is 9.73. The summed E-state index contributed by atoms with van der Waals surface area (Å²) < 4.78 is 15.5. The number of aromatic nitrogens is 1. The van der Waals surface area contributed by atoms with E-state index < -0.39 is 17.8 Å². The Hall–Kier alpha value is -3.16. The summed E-state index contributed by atoms with van der Waals surface area (Å²) in [6.45, 7) is 3.19. The molecule has 8 heteroatoms. The van der Waals surface area contributed by atoms with Crippen molar-refractivity contribution in [1.29, 1.82) is 0 Å². The van der Waals surface area contributed by atoms with Crippen LogP contribution in [0.2, 0.25) is 0 Å². The van der Waals surface area contributed by atoms with Gasteiger partial charge in [0.15, 0.2) is 0 Å². The van der Waals surface area contributed by atoms with E-state index in [1.165, 1.54) is 18.2 Å². The number of urea groups is 1. The third-order valence-corrected chi connectivity index (χ3v) is 5.63. The van der Waals surface area contributed by atoms with Crippen molar-refractivity contribution in [2.24, 2.45) is 5.92 Å². The van der Waals surface area contributed by atoms with Crippen LogP contribution in [0.1, 0.15) is 25.0 Å². The van der Waals surface area contributed by atoms with Crippen molar-refractivity contribution in [3.63, 3.8) is 0 Å². The summed E-state index contributed by atoms with van der Waals surface area (Å²) in [6, 6.07) is 9.98. The number of nitrogens with zero attached hydrogens (tertiary/aromatic N) is 2. The van der Waals surface area contributed by atoms with E-state index in [9.17, 15) is 18.8 Å². The summed E-state index contributed by atoms with van der Waals surface area (Å²) >= 11 is 0. The van der Waals surface area contributed by atoms with Crippen molar-refractivity contribution >= 4 is 17.6 Å². The van der Waals surface area contributed by atoms with Gasteiger partial charge in [0.1, 0.15) is 11.9 Å². The zero-order chi connectivity index (χ0) is 20.5. The second kappa shape index (κ2) is 7.69. The van der Waals surface area contributed by atoms with Crippen LogP contribution in [-0.2, 0) is 11.3 Å². The maximum absolute atomic E-state index is 13.7. The molecule has 3 amide bonds. The number of pyridine rings is 1. The molecule has 152 valence electrons. The Morgan fingerprint density at radius 1 is 1.10 bits per heavy atom. The molecule has 0 spiro atoms. The van der Waals surface area contributed by atoms with Gasteiger partial charge in [-0.3, -0.25) is 9.59 Å². The van der Waals surface area contributed by atoms with Gasteiger partial charge in [0.2, 0.25) is 5.91 Å². The molecule has 1 fully saturated rings. The fourth-order valence-corrected chi connectivity index (χ4v) is 4.21. The molecule has 0 aliphatic carbocycles. The average molecular weight is 398 g/mol. The second-order valence-electron chi connectivity index (χ2n) is 7.74. The highest BCUT2D eigenvalue weighted by Crippen LogP contribution is 2.34. The lowest BCUT2D eigenvalue weighted by molar-refractivity contribution is -0.117. The van der Waals surface area contributed by atoms with Crippen molar-refractivity contribution in [1.82, 2.24) is 14.8 Å². The Morgan fingerprint density at radius 2 is 1.90 bits per heavy atom. The molecule has 1 aromatic carbocycles. The number of piperidine rings is 1. The van der Waals surface area contributed by atoms with E-state index in [4.69, 9.17) is 0 Å². The number of fused-ring (bicyclic) bond motifs is 4. The van der Waals surface area contributed by atoms with Crippen LogP contribution in [0, 0.1) is 11.7 Å². The highest BCUT2D eigenvalue weighted by molar-refractivity contribution is 5.96. The number of nitrogens with one attached hydrogen (secondary N) is 2. The molecule has 7 nitrogen and oxygen atoms in total. The summed E-state index contributed by atoms with van der Waals surface area (Å²) in [5, 5.41) is 5.19. The molecule has 0 unspecified atom stereocenters. The van der Waals surface area contributed by atoms with E-state index >= 15 is 0 Å². The molecule has 2 N–H and O–H groups in total. The van der Waals surface area contributed by atoms with Gasteiger partial charge in [-0.2, -0.15) is 0 Å². The summed E-state index contributed by atoms with van der Waals surface area (Å²) in [4.78, 5) is 38.9. The number of carbonyl (C=O) groups is 2. The predicted molar refractivity (Wildman–Crippen MR) is 106 cm³/mol. The van der Waals surface area contributed by atoms with Crippen molar-refractivity contribution in [3.8, 4) is 0 Å². The number of carbonyl (C=O) groups excluding carboxylic acids is 2. The van der Waals surface area contributed by atoms with Gasteiger partial charge in [-0.25, -0.2) is 9.18 Å². The normalized spacial score (nSPS) is 21.1. The van der Waals surface area contributed by atoms with E-state index in [-0.39, 0.29) is 29.1 Å². The maximum Gasteiger partial charge on any atom is 0.318 e. The van der Waals surface area contributed by atoms with Crippen LogP contribution in [0.25, 0.3) is 0 Å². The summed E-state index contributed by atoms with van der Waals surface area (Å²) in [5.41, 5.74) is 1.03. The van der Waals surface area contributed by atoms with Crippen LogP contribution in [0.15, 0.2) is 47.3 Å². The zero-order valence-corrected chi connectivity index (χ0v) is 16.1. The van der Waals surface area contributed by atoms with Crippen molar-refractivity contribution in [2.75, 3.05) is 18.4 Å². The minimum absolute atomic E-state index is 0.00598. The number of likely N-dealkylation sites (tertiary alicyclic amines) is 1. The Kier molecular flexibility index (Phi) is 5.08. The van der Waals surface area contributed by atoms with Crippen LogP contribution in [-0.4, -0.2) is 40.5 Å². The molecule has 0 saturated carbocycles. The molecule has 29 heavy (non-hydrogen) atoms. The number of anilines is 1. The molecule has 0 radical (unpaired) electrons. The van der Waals surface area contributed by atoms with Crippen LogP contribution < -0.4 is 16.2 Å². The molecular weight excluding hydrogens is 375 g/mol. The molecule has 2 aliphatic heterocycles. The number of amides is 3. The van der Waals surface area contributed by atoms with E-state index in [0.29, 0.717) is 19.6 Å². The van der Waals surface area contributed by atoms with Gasteiger partial charge in [0.05, 0.1) is 5.69 Å². The summed E-state index contributed by atoms with van der Waals surface area (Å²) in [5.74, 6) is -0.714. The number of benzene rings is 1. The van der Waals surface area contributed by atoms with Gasteiger partial charge in [0, 0.05) is 37.3 Å². The number of hydrogen-bond donors (Lipinski definition) is 2. The molecule has 2 bridgehead atoms. The van der Waals surface area contributed by atoms with E-state index in [1.54, 1.807) is 34.6 Å². The Balaban J connectivity index is 1.40. The Bertz CT molecular complexity index is 1010. The molecule has 3 atom stereocenters. The summed E-state index contributed by atoms with van der Waals surface area (Å²) in [7, 11) is 0. The smallest absolute Gasteiger partial charge is 0.318 e. The number of halogens is 1. The van der Waals surface area contributed by atoms with Crippen LogP contribution in [0.3, 0.4) is 0 Å². The predicted octanol–water partition coefficient (Wildman–Crippen LogP) is 2.14. The van der Waals surface area contributed by atoms with Crippen LogP contribution >= 0.6 is 0 Å². The lowest BCUT2D eigenvalue weighted by Crippen LogP contribution is -2.54. The van der Waals surface area contributed by atoms with Gasteiger partial charge >= 0.3 is 6.03 Å². The molecule has 1 saturated heterocycles. The van der Waals surface area contributed by atoms with Gasteiger partial charge in [0.25, 0.3) is 5.56 Å². The first kappa shape index (κ1) is 19.2. The third kappa shape index (κ3) is 3.87. The first-order chi connectivity index (χ1) is 13.9. The standard InChI is InChI=1S/C21H23FN4O3/c1-13(20(28)24-17-6-3-2-5-16(17)22)23-21(29)25-10-14-9-15(12-25)18-7-4-8-19(27)26(18)11-14/h2-8,13-15H,9-12H2,1H3,(H,23,29)(H,24,28)/t13-,14+,15-/m0/s1. The average Bonchev–Trinajstić information content (AvgIpc) is 2.70. The van der Waals surface area contributed by atoms with Crippen molar-refractivity contribution in [3.05, 3.63) is 64.3 Å². The molecule has 2 aliphatic rings. The quantitative estimate of drug-likeness (QED) is 0.831. The molecule has 4 rings (SSSR count). The third-order valence-electron chi connectivity index (χ3n) is 5.63. The minimum atomic E-state index is -0.821. The van der Waals surface area contributed by atoms with E-state index in [2.05, 4.69) is 10.6 Å². The molecule has 3 heterocycles. The first-order valence-corrected chi connectivity index (χ1v) is 9.73. The van der Waals surface area contributed by atoms with E-state index in [0.717, 1.165) is 12.1 Å². The second-order valence-corrected chi connectivity index (χ2v) is 7.74. The van der Waals surface area contributed by atoms with Gasteiger partial charge in [-0.15, -0.1) is 0 Å². The topological polar surface area (TPSA) is 83.4 Å². The number of rotatable bonds is 3. The minimum Gasteiger partial charge on any atom is -0.326 e. The van der Waals surface area contributed by atoms with Gasteiger partial charge in [-0.05, 0) is 37.5 Å². The van der Waals surface area contributed by atoms with Gasteiger partial charge < -0.3 is 20.1 Å².